The van der Waals surface area contributed by atoms with Crippen molar-refractivity contribution < 1.29 is 24.0 Å². The molecule has 0 bridgehead atoms. The Hall–Kier alpha value is -3.57. The number of halogens is 1. The molecule has 0 unspecified atom stereocenters. The van der Waals surface area contributed by atoms with Gasteiger partial charge in [-0.2, -0.15) is 0 Å². The Labute approximate surface area is 268 Å². The molecule has 1 aliphatic rings. The zero-order valence-corrected chi connectivity index (χ0v) is 27.2. The van der Waals surface area contributed by atoms with Gasteiger partial charge in [-0.05, 0) is 42.2 Å². The topological polar surface area (TPSA) is 142 Å². The zero-order valence-electron chi connectivity index (χ0n) is 25.7. The molecule has 4 N–H and O–H groups in total. The van der Waals surface area contributed by atoms with E-state index in [-0.39, 0.29) is 30.3 Å². The first-order valence-electron chi connectivity index (χ1n) is 14.7. The van der Waals surface area contributed by atoms with Crippen molar-refractivity contribution in [3.8, 4) is 0 Å². The highest BCUT2D eigenvalue weighted by atomic mass is 35.5. The summed E-state index contributed by atoms with van der Waals surface area (Å²) in [5.41, 5.74) is 8.18. The molecule has 1 fully saturated rings. The highest BCUT2D eigenvalue weighted by Gasteiger charge is 2.36. The number of aryl methyl sites for hydroxylation is 1. The number of amides is 5. The van der Waals surface area contributed by atoms with E-state index in [1.54, 1.807) is 31.3 Å². The van der Waals surface area contributed by atoms with Crippen LogP contribution in [0.25, 0.3) is 0 Å². The number of carbonyl (C=O) groups is 5. The quantitative estimate of drug-likeness (QED) is 0.404. The van der Waals surface area contributed by atoms with Crippen LogP contribution < -0.4 is 16.4 Å². The largest absolute Gasteiger partial charge is 0.368 e. The Morgan fingerprint density at radius 3 is 2.25 bits per heavy atom. The first-order chi connectivity index (χ1) is 20.9. The van der Waals surface area contributed by atoms with Crippen molar-refractivity contribution in [3.63, 3.8) is 0 Å². The molecular formula is C32H42ClN5O5S. The Morgan fingerprint density at radius 1 is 0.955 bits per heavy atom. The van der Waals surface area contributed by atoms with Gasteiger partial charge in [-0.3, -0.25) is 24.0 Å². The van der Waals surface area contributed by atoms with Crippen LogP contribution in [-0.2, 0) is 36.8 Å². The predicted octanol–water partition coefficient (Wildman–Crippen LogP) is 2.48. The number of thioether (sulfide) groups is 1. The number of carbonyl (C=O) groups excluding carboxylic acids is 5. The van der Waals surface area contributed by atoms with E-state index in [2.05, 4.69) is 10.6 Å². The van der Waals surface area contributed by atoms with E-state index in [9.17, 15) is 24.0 Å². The van der Waals surface area contributed by atoms with Gasteiger partial charge in [0, 0.05) is 37.7 Å². The second kappa shape index (κ2) is 16.5. The maximum atomic E-state index is 14.2. The van der Waals surface area contributed by atoms with E-state index in [1.807, 2.05) is 38.1 Å². The second-order valence-electron chi connectivity index (χ2n) is 11.1. The molecule has 0 aromatic heterocycles. The smallest absolute Gasteiger partial charge is 0.245 e. The van der Waals surface area contributed by atoms with E-state index >= 15 is 0 Å². The van der Waals surface area contributed by atoms with Crippen molar-refractivity contribution in [2.75, 3.05) is 25.6 Å². The fraction of sp³-hybridized carbons (Fsp3) is 0.469. The number of hydrogen-bond donors (Lipinski definition) is 3. The lowest BCUT2D eigenvalue weighted by molar-refractivity contribution is -0.143. The van der Waals surface area contributed by atoms with Crippen LogP contribution in [0.4, 0.5) is 0 Å². The average Bonchev–Trinajstić information content (AvgIpc) is 2.99. The summed E-state index contributed by atoms with van der Waals surface area (Å²) in [6.45, 7) is 3.91. The summed E-state index contributed by atoms with van der Waals surface area (Å²) in [4.78, 5) is 70.1. The molecule has 0 radical (unpaired) electrons. The fourth-order valence-electron chi connectivity index (χ4n) is 5.08. The molecule has 12 heteroatoms. The van der Waals surface area contributed by atoms with Crippen molar-refractivity contribution in [2.24, 2.45) is 5.73 Å². The van der Waals surface area contributed by atoms with Crippen LogP contribution in [0, 0.1) is 6.92 Å². The summed E-state index contributed by atoms with van der Waals surface area (Å²) in [5.74, 6) is -2.55. The summed E-state index contributed by atoms with van der Waals surface area (Å²) in [5, 5.41) is 6.15. The van der Waals surface area contributed by atoms with Gasteiger partial charge < -0.3 is 26.2 Å². The number of likely N-dealkylation sites (N-methyl/N-ethyl adjacent to an activating group) is 2. The van der Waals surface area contributed by atoms with Crippen molar-refractivity contribution in [3.05, 3.63) is 70.2 Å². The maximum Gasteiger partial charge on any atom is 0.245 e. The molecule has 0 saturated carbocycles. The van der Waals surface area contributed by atoms with E-state index in [4.69, 9.17) is 17.3 Å². The van der Waals surface area contributed by atoms with Crippen LogP contribution in [0.2, 0.25) is 5.02 Å². The second-order valence-corrected chi connectivity index (χ2v) is 12.6. The number of nitrogens with zero attached hydrogens (tertiary/aromatic N) is 2. The first kappa shape index (κ1) is 34.9. The third-order valence-electron chi connectivity index (χ3n) is 7.92. The Kier molecular flexibility index (Phi) is 13.1. The molecule has 0 spiro atoms. The van der Waals surface area contributed by atoms with Crippen molar-refractivity contribution >= 4 is 52.9 Å². The summed E-state index contributed by atoms with van der Waals surface area (Å²) in [6, 6.07) is 10.5. The molecule has 10 nitrogen and oxygen atoms in total. The van der Waals surface area contributed by atoms with Gasteiger partial charge in [0.2, 0.25) is 29.5 Å². The molecule has 1 aliphatic heterocycles. The number of nitrogens with one attached hydrogen (secondary N) is 2. The molecule has 2 aromatic carbocycles. The van der Waals surface area contributed by atoms with Crippen LogP contribution in [0.15, 0.2) is 48.5 Å². The summed E-state index contributed by atoms with van der Waals surface area (Å²) >= 11 is 7.23. The molecule has 1 heterocycles. The number of nitrogens with two attached hydrogens (primary N) is 1. The predicted molar refractivity (Wildman–Crippen MR) is 173 cm³/mol. The molecule has 2 aromatic rings. The number of primary amides is 1. The maximum absolute atomic E-state index is 14.2. The number of benzene rings is 2. The van der Waals surface area contributed by atoms with Crippen molar-refractivity contribution in [1.82, 2.24) is 20.4 Å². The highest BCUT2D eigenvalue weighted by molar-refractivity contribution is 8.00. The molecule has 5 amide bonds. The minimum atomic E-state index is -1.07. The fourth-order valence-corrected chi connectivity index (χ4v) is 6.18. The van der Waals surface area contributed by atoms with E-state index in [1.165, 1.54) is 16.8 Å². The van der Waals surface area contributed by atoms with E-state index in [0.717, 1.165) is 34.9 Å². The first-order valence-corrected chi connectivity index (χ1v) is 16.2. The highest BCUT2D eigenvalue weighted by Crippen LogP contribution is 2.19. The molecule has 4 atom stereocenters. The van der Waals surface area contributed by atoms with Gasteiger partial charge in [0.05, 0.1) is 5.75 Å². The lowest BCUT2D eigenvalue weighted by Gasteiger charge is -2.33. The van der Waals surface area contributed by atoms with Crippen molar-refractivity contribution in [1.29, 1.82) is 0 Å². The normalized spacial score (nSPS) is 22.6. The van der Waals surface area contributed by atoms with Crippen LogP contribution in [-0.4, -0.2) is 89.1 Å². The summed E-state index contributed by atoms with van der Waals surface area (Å²) in [7, 11) is 3.08. The standard InChI is InChI=1S/C32H42ClN5O5S/c1-5-6-11-26-30(41)35-24(16-21-12-14-23(33)15-13-21)32(43)38(4)27(17-22-10-8-7-9-20(22)2)31(42)36-25(29(34)40)18-44-19-28(39)37(26)3/h7-10,12-15,24-27H,5-6,11,16-19H2,1-4H3,(H2,34,40)(H,35,41)(H,36,42)/t24-,25-,26-,27-/m0/s1. The number of unbranched alkanes of at least 4 members (excludes halogenated alkanes) is 1. The minimum Gasteiger partial charge on any atom is -0.368 e. The van der Waals surface area contributed by atoms with E-state index < -0.39 is 47.8 Å². The number of hydrogen-bond acceptors (Lipinski definition) is 6. The molecule has 44 heavy (non-hydrogen) atoms. The van der Waals surface area contributed by atoms with Gasteiger partial charge in [0.1, 0.15) is 24.2 Å². The molecule has 3 rings (SSSR count). The lowest BCUT2D eigenvalue weighted by atomic mass is 9.97. The minimum absolute atomic E-state index is 0.0221. The van der Waals surface area contributed by atoms with Crippen LogP contribution in [0.3, 0.4) is 0 Å². The monoisotopic (exact) mass is 643 g/mol. The van der Waals surface area contributed by atoms with Crippen LogP contribution >= 0.6 is 23.4 Å². The third-order valence-corrected chi connectivity index (χ3v) is 9.20. The van der Waals surface area contributed by atoms with Crippen LogP contribution in [0.5, 0.6) is 0 Å². The summed E-state index contributed by atoms with van der Waals surface area (Å²) < 4.78 is 0. The molecule has 1 saturated heterocycles. The van der Waals surface area contributed by atoms with Crippen molar-refractivity contribution in [2.45, 2.75) is 70.1 Å². The average molecular weight is 644 g/mol. The lowest BCUT2D eigenvalue weighted by Crippen LogP contribution is -2.59. The van der Waals surface area contributed by atoms with Gasteiger partial charge in [0.15, 0.2) is 0 Å². The Bertz CT molecular complexity index is 1340. The van der Waals surface area contributed by atoms with Gasteiger partial charge in [-0.25, -0.2) is 0 Å². The molecule has 0 aliphatic carbocycles. The molecule has 238 valence electrons. The third kappa shape index (κ3) is 9.46. The van der Waals surface area contributed by atoms with Gasteiger partial charge in [-0.1, -0.05) is 67.8 Å². The Balaban J connectivity index is 2.08. The van der Waals surface area contributed by atoms with Crippen LogP contribution in [0.1, 0.15) is 42.9 Å². The Morgan fingerprint density at radius 2 is 1.61 bits per heavy atom. The van der Waals surface area contributed by atoms with Gasteiger partial charge in [0.25, 0.3) is 0 Å². The molecular weight excluding hydrogens is 602 g/mol. The zero-order chi connectivity index (χ0) is 32.4. The van der Waals surface area contributed by atoms with E-state index in [0.29, 0.717) is 17.9 Å². The van der Waals surface area contributed by atoms with Gasteiger partial charge >= 0.3 is 0 Å². The SMILES string of the molecule is CCCC[C@H]1C(=O)N[C@@H](Cc2ccc(Cl)cc2)C(=O)N(C)[C@@H](Cc2ccccc2C)C(=O)N[C@H](C(N)=O)CSCC(=O)N1C. The van der Waals surface area contributed by atoms with Gasteiger partial charge in [-0.15, -0.1) is 11.8 Å². The summed E-state index contributed by atoms with van der Waals surface area (Å²) in [6.07, 6.45) is 2.21. The number of rotatable bonds is 8.